The molecule has 1 atom stereocenters. The molecule has 0 aliphatic carbocycles. The topological polar surface area (TPSA) is 189 Å². The molecule has 12 nitrogen and oxygen atoms in total. The zero-order valence-corrected chi connectivity index (χ0v) is 22.5. The van der Waals surface area contributed by atoms with E-state index < -0.39 is 25.0 Å². The number of fused-ring (bicyclic) bond motifs is 1. The lowest BCUT2D eigenvalue weighted by atomic mass is 10.2. The molecule has 2 heterocycles. The van der Waals surface area contributed by atoms with Gasteiger partial charge in [-0.1, -0.05) is 4.52 Å². The third-order valence-electron chi connectivity index (χ3n) is 4.86. The quantitative estimate of drug-likeness (QED) is 0.139. The SMILES string of the molecule is Cc1c(S(=O)(=O)NCO[P+](=O)Oc2ccc(C#N)nc2)sc2cc(OCCCN)c(OCCCN)cc12. The van der Waals surface area contributed by atoms with E-state index in [2.05, 4.69) is 9.71 Å². The van der Waals surface area contributed by atoms with Gasteiger partial charge in [-0.3, -0.25) is 0 Å². The molecule has 0 saturated heterocycles. The molecule has 0 amide bonds. The smallest absolute Gasteiger partial charge is 0.490 e. The average Bonchev–Trinajstić information content (AvgIpc) is 3.21. The normalized spacial score (nSPS) is 11.8. The highest BCUT2D eigenvalue weighted by Crippen LogP contribution is 2.41. The highest BCUT2D eigenvalue weighted by atomic mass is 32.2. The lowest BCUT2D eigenvalue weighted by Crippen LogP contribution is -2.25. The summed E-state index contributed by atoms with van der Waals surface area (Å²) in [6, 6.07) is 8.12. The number of aromatic nitrogens is 1. The van der Waals surface area contributed by atoms with Gasteiger partial charge in [0.1, 0.15) is 16.0 Å². The summed E-state index contributed by atoms with van der Waals surface area (Å²) in [4.78, 5) is 3.78. The van der Waals surface area contributed by atoms with Crippen LogP contribution in [0.15, 0.2) is 34.7 Å². The van der Waals surface area contributed by atoms with E-state index in [0.29, 0.717) is 66.3 Å². The maximum absolute atomic E-state index is 13.0. The molecule has 0 spiro atoms. The van der Waals surface area contributed by atoms with Crippen LogP contribution in [0.2, 0.25) is 0 Å². The summed E-state index contributed by atoms with van der Waals surface area (Å²) < 4.78 is 62.7. The molecular weight excluding hydrogens is 541 g/mol. The van der Waals surface area contributed by atoms with Gasteiger partial charge in [-0.2, -0.15) is 9.98 Å². The molecular formula is C22H27N5O7PS2+. The molecule has 1 aromatic carbocycles. The molecule has 15 heteroatoms. The number of rotatable bonds is 15. The molecule has 3 rings (SSSR count). The first-order valence-electron chi connectivity index (χ1n) is 11.2. The Balaban J connectivity index is 1.72. The number of nitrogens with one attached hydrogen (secondary N) is 1. The van der Waals surface area contributed by atoms with Crippen LogP contribution in [0.3, 0.4) is 0 Å². The van der Waals surface area contributed by atoms with E-state index in [9.17, 15) is 13.0 Å². The van der Waals surface area contributed by atoms with Gasteiger partial charge in [-0.05, 0) is 56.6 Å². The van der Waals surface area contributed by atoms with E-state index in [0.717, 1.165) is 11.3 Å². The van der Waals surface area contributed by atoms with E-state index in [-0.39, 0.29) is 15.7 Å². The van der Waals surface area contributed by atoms with Crippen LogP contribution in [0.5, 0.6) is 17.2 Å². The summed E-state index contributed by atoms with van der Waals surface area (Å²) in [7, 11) is -6.69. The molecule has 1 unspecified atom stereocenters. The summed E-state index contributed by atoms with van der Waals surface area (Å²) in [5.41, 5.74) is 11.8. The summed E-state index contributed by atoms with van der Waals surface area (Å²) in [6.45, 7) is 2.83. The van der Waals surface area contributed by atoms with Crippen LogP contribution in [-0.4, -0.2) is 46.4 Å². The predicted octanol–water partition coefficient (Wildman–Crippen LogP) is 2.92. The van der Waals surface area contributed by atoms with Crippen LogP contribution in [0.25, 0.3) is 10.1 Å². The maximum Gasteiger partial charge on any atom is 0.751 e. The summed E-state index contributed by atoms with van der Waals surface area (Å²) in [5.74, 6) is 1.09. The third kappa shape index (κ3) is 7.80. The molecule has 5 N–H and O–H groups in total. The maximum atomic E-state index is 13.0. The molecule has 0 aliphatic rings. The minimum Gasteiger partial charge on any atom is -0.490 e. The van der Waals surface area contributed by atoms with Gasteiger partial charge in [-0.25, -0.2) is 17.9 Å². The van der Waals surface area contributed by atoms with E-state index in [1.165, 1.54) is 18.3 Å². The van der Waals surface area contributed by atoms with Crippen molar-refractivity contribution in [2.24, 2.45) is 11.5 Å². The third-order valence-corrected chi connectivity index (χ3v) is 8.81. The molecule has 0 fully saturated rings. The largest absolute Gasteiger partial charge is 0.751 e. The van der Waals surface area contributed by atoms with Crippen LogP contribution in [0.1, 0.15) is 24.1 Å². The predicted molar refractivity (Wildman–Crippen MR) is 138 cm³/mol. The number of hydrogen-bond acceptors (Lipinski definition) is 12. The van der Waals surface area contributed by atoms with E-state index >= 15 is 0 Å². The number of pyridine rings is 1. The highest BCUT2D eigenvalue weighted by molar-refractivity contribution is 7.91. The molecule has 0 saturated carbocycles. The molecule has 3 aromatic rings. The van der Waals surface area contributed by atoms with E-state index in [1.54, 1.807) is 19.1 Å². The second-order valence-corrected chi connectivity index (χ2v) is 11.4. The first-order chi connectivity index (χ1) is 17.8. The van der Waals surface area contributed by atoms with Crippen LogP contribution in [-0.2, 0) is 19.1 Å². The molecule has 37 heavy (non-hydrogen) atoms. The average molecular weight is 569 g/mol. The lowest BCUT2D eigenvalue weighted by Gasteiger charge is -2.13. The number of nitrogens with zero attached hydrogens (tertiary/aromatic N) is 2. The van der Waals surface area contributed by atoms with Crippen molar-refractivity contribution in [2.75, 3.05) is 33.0 Å². The Morgan fingerprint density at radius 3 is 2.41 bits per heavy atom. The minimum atomic E-state index is -4.00. The first kappa shape index (κ1) is 28.7. The Labute approximate surface area is 219 Å². The number of benzene rings is 1. The van der Waals surface area contributed by atoms with Crippen molar-refractivity contribution < 1.29 is 31.5 Å². The number of ether oxygens (including phenoxy) is 2. The van der Waals surface area contributed by atoms with Gasteiger partial charge in [0.15, 0.2) is 18.2 Å². The molecule has 198 valence electrons. The van der Waals surface area contributed by atoms with Crippen LogP contribution < -0.4 is 30.2 Å². The Bertz CT molecular complexity index is 1370. The van der Waals surface area contributed by atoms with E-state index in [1.807, 2.05) is 6.07 Å². The van der Waals surface area contributed by atoms with Crippen molar-refractivity contribution in [3.05, 3.63) is 41.7 Å². The van der Waals surface area contributed by atoms with Crippen molar-refractivity contribution in [3.63, 3.8) is 0 Å². The van der Waals surface area contributed by atoms with Crippen molar-refractivity contribution in [2.45, 2.75) is 24.0 Å². The molecule has 0 aliphatic heterocycles. The number of thiophene rings is 1. The second kappa shape index (κ2) is 13.6. The fourth-order valence-corrected chi connectivity index (χ4v) is 6.34. The van der Waals surface area contributed by atoms with Gasteiger partial charge in [-0.15, -0.1) is 11.3 Å². The van der Waals surface area contributed by atoms with Gasteiger partial charge in [0.05, 0.1) is 19.4 Å². The fraction of sp³-hybridized carbons (Fsp3) is 0.364. The van der Waals surface area contributed by atoms with Gasteiger partial charge >= 0.3 is 8.25 Å². The summed E-state index contributed by atoms with van der Waals surface area (Å²) in [5, 5.41) is 9.45. The zero-order valence-electron chi connectivity index (χ0n) is 20.0. The zero-order chi connectivity index (χ0) is 26.8. The Morgan fingerprint density at radius 2 is 1.81 bits per heavy atom. The van der Waals surface area contributed by atoms with Crippen LogP contribution >= 0.6 is 19.6 Å². The van der Waals surface area contributed by atoms with Gasteiger partial charge in [0.2, 0.25) is 5.75 Å². The van der Waals surface area contributed by atoms with Gasteiger partial charge in [0.25, 0.3) is 10.0 Å². The lowest BCUT2D eigenvalue weighted by molar-refractivity contribution is 0.266. The number of sulfonamides is 1. The van der Waals surface area contributed by atoms with E-state index in [4.69, 9.17) is 35.3 Å². The monoisotopic (exact) mass is 568 g/mol. The fourth-order valence-electron chi connectivity index (χ4n) is 3.05. The van der Waals surface area contributed by atoms with Crippen molar-refractivity contribution in [3.8, 4) is 23.3 Å². The first-order valence-corrected chi connectivity index (χ1v) is 14.6. The number of nitriles is 1. The summed E-state index contributed by atoms with van der Waals surface area (Å²) >= 11 is 1.06. The van der Waals surface area contributed by atoms with Crippen molar-refractivity contribution in [1.29, 1.82) is 5.26 Å². The van der Waals surface area contributed by atoms with Gasteiger partial charge < -0.3 is 20.9 Å². The van der Waals surface area contributed by atoms with Crippen molar-refractivity contribution >= 4 is 39.7 Å². The molecule has 0 bridgehead atoms. The van der Waals surface area contributed by atoms with Crippen molar-refractivity contribution in [1.82, 2.24) is 9.71 Å². The Morgan fingerprint density at radius 1 is 1.14 bits per heavy atom. The van der Waals surface area contributed by atoms with Crippen LogP contribution in [0.4, 0.5) is 0 Å². The number of aryl methyl sites for hydroxylation is 1. The van der Waals surface area contributed by atoms with Crippen LogP contribution in [0, 0.1) is 18.3 Å². The number of nitrogens with two attached hydrogens (primary N) is 2. The standard InChI is InChI=1S/C22H27N5O7PS2/c1-15-18-10-19(31-8-2-6-23)20(32-9-3-7-24)11-21(18)36-22(15)37(29,30)27-14-33-35(28)34-17-5-4-16(12-25)26-13-17/h4-5,10-11,13,27H,2-3,6-9,14,23-24H2,1H3/q+1. The highest BCUT2D eigenvalue weighted by Gasteiger charge is 2.27. The molecule has 0 radical (unpaired) electrons. The second-order valence-electron chi connectivity index (χ2n) is 7.52. The number of hydrogen-bond donors (Lipinski definition) is 3. The molecule has 2 aromatic heterocycles. The Hall–Kier alpha value is -2.89. The Kier molecular flexibility index (Phi) is 10.5. The van der Waals surface area contributed by atoms with Gasteiger partial charge in [0, 0.05) is 20.7 Å². The minimum absolute atomic E-state index is 0.0746. The summed E-state index contributed by atoms with van der Waals surface area (Å²) in [6.07, 6.45) is 2.52.